The van der Waals surface area contributed by atoms with E-state index in [2.05, 4.69) is 32.4 Å². The fourth-order valence-electron chi connectivity index (χ4n) is 2.62. The maximum absolute atomic E-state index is 12.9. The molecule has 3 aromatic rings. The van der Waals surface area contributed by atoms with Crippen molar-refractivity contribution < 1.29 is 14.7 Å². The molecule has 8 heteroatoms. The molecule has 7 nitrogen and oxygen atoms in total. The number of carbonyl (C=O) groups excluding carboxylic acids is 1. The average molecular weight is 439 g/mol. The second kappa shape index (κ2) is 8.50. The van der Waals surface area contributed by atoms with Crippen molar-refractivity contribution in [1.29, 1.82) is 5.26 Å². The number of hydrogen-bond donors (Lipinski definition) is 2. The number of carboxylic acids is 1. The van der Waals surface area contributed by atoms with E-state index in [1.165, 1.54) is 12.1 Å². The monoisotopic (exact) mass is 438 g/mol. The molecule has 0 saturated carbocycles. The number of aryl methyl sites for hydroxylation is 1. The largest absolute Gasteiger partial charge is 0.478 e. The van der Waals surface area contributed by atoms with Crippen LogP contribution in [0.4, 0.5) is 5.69 Å². The van der Waals surface area contributed by atoms with E-state index >= 15 is 0 Å². The summed E-state index contributed by atoms with van der Waals surface area (Å²) in [5.41, 5.74) is 2.02. The van der Waals surface area contributed by atoms with Crippen molar-refractivity contribution in [3.05, 3.63) is 70.3 Å². The lowest BCUT2D eigenvalue weighted by Crippen LogP contribution is -2.13. The van der Waals surface area contributed by atoms with Gasteiger partial charge in [0, 0.05) is 21.9 Å². The highest BCUT2D eigenvalue weighted by molar-refractivity contribution is 9.10. The van der Waals surface area contributed by atoms with Gasteiger partial charge in [-0.1, -0.05) is 34.1 Å². The minimum atomic E-state index is -1.07. The Labute approximate surface area is 169 Å². The van der Waals surface area contributed by atoms with E-state index in [0.29, 0.717) is 23.5 Å². The highest BCUT2D eigenvalue weighted by Gasteiger charge is 2.18. The molecule has 2 N–H and O–H groups in total. The van der Waals surface area contributed by atoms with Crippen LogP contribution in [-0.2, 0) is 6.54 Å². The summed E-state index contributed by atoms with van der Waals surface area (Å²) >= 11 is 3.38. The van der Waals surface area contributed by atoms with Crippen LogP contribution in [0, 0.1) is 11.3 Å². The molecule has 1 amide bonds. The van der Waals surface area contributed by atoms with Gasteiger partial charge in [-0.15, -0.1) is 0 Å². The van der Waals surface area contributed by atoms with E-state index in [1.807, 2.05) is 24.3 Å². The summed E-state index contributed by atoms with van der Waals surface area (Å²) in [7, 11) is 0. The first-order chi connectivity index (χ1) is 13.5. The number of benzene rings is 2. The van der Waals surface area contributed by atoms with Crippen LogP contribution in [0.2, 0.25) is 0 Å². The Kier molecular flexibility index (Phi) is 5.87. The highest BCUT2D eigenvalue weighted by atomic mass is 79.9. The molecule has 0 atom stereocenters. The second-order valence-corrected chi connectivity index (χ2v) is 6.83. The lowest BCUT2D eigenvalue weighted by molar-refractivity contribution is 0.0696. The third kappa shape index (κ3) is 4.45. The second-order valence-electron chi connectivity index (χ2n) is 5.91. The standard InChI is InChI=1S/C20H15BrN4O3/c21-15-7-5-13(6-8-15)18-17(12-25(24-18)10-2-9-22)19(26)23-16-4-1-3-14(11-16)20(27)28/h1,3-8,11-12H,2,10H2,(H,23,26)(H,27,28). The van der Waals surface area contributed by atoms with Crippen LogP contribution in [-0.4, -0.2) is 26.8 Å². The van der Waals surface area contributed by atoms with Gasteiger partial charge in [0.15, 0.2) is 0 Å². The smallest absolute Gasteiger partial charge is 0.335 e. The van der Waals surface area contributed by atoms with Gasteiger partial charge < -0.3 is 10.4 Å². The molecule has 0 radical (unpaired) electrons. The predicted octanol–water partition coefficient (Wildman–Crippen LogP) is 4.18. The summed E-state index contributed by atoms with van der Waals surface area (Å²) < 4.78 is 2.46. The third-order valence-corrected chi connectivity index (χ3v) is 4.47. The maximum Gasteiger partial charge on any atom is 0.335 e. The van der Waals surface area contributed by atoms with Crippen molar-refractivity contribution in [3.63, 3.8) is 0 Å². The number of carboxylic acid groups (broad SMARTS) is 1. The average Bonchev–Trinajstić information content (AvgIpc) is 3.11. The van der Waals surface area contributed by atoms with Gasteiger partial charge in [-0.25, -0.2) is 4.79 Å². The molecule has 0 aliphatic rings. The first kappa shape index (κ1) is 19.3. The van der Waals surface area contributed by atoms with Crippen LogP contribution in [0.15, 0.2) is 59.2 Å². The molecule has 1 aromatic heterocycles. The van der Waals surface area contributed by atoms with Gasteiger partial charge in [0.05, 0.1) is 30.2 Å². The Morgan fingerprint density at radius 1 is 1.21 bits per heavy atom. The van der Waals surface area contributed by atoms with E-state index < -0.39 is 11.9 Å². The lowest BCUT2D eigenvalue weighted by Gasteiger charge is -2.06. The Balaban J connectivity index is 1.94. The summed E-state index contributed by atoms with van der Waals surface area (Å²) in [5, 5.41) is 25.1. The molecule has 0 aliphatic heterocycles. The lowest BCUT2D eigenvalue weighted by atomic mass is 10.1. The van der Waals surface area contributed by atoms with Crippen LogP contribution in [0.1, 0.15) is 27.1 Å². The number of aromatic carboxylic acids is 1. The Hall–Kier alpha value is -3.44. The van der Waals surface area contributed by atoms with Crippen molar-refractivity contribution in [2.75, 3.05) is 5.32 Å². The topological polar surface area (TPSA) is 108 Å². The Morgan fingerprint density at radius 3 is 2.64 bits per heavy atom. The molecular formula is C20H15BrN4O3. The Bertz CT molecular complexity index is 1070. The number of carbonyl (C=O) groups is 2. The minimum Gasteiger partial charge on any atom is -0.478 e. The maximum atomic E-state index is 12.9. The molecule has 3 rings (SSSR count). The summed E-state index contributed by atoms with van der Waals surface area (Å²) in [6.07, 6.45) is 1.86. The minimum absolute atomic E-state index is 0.0793. The van der Waals surface area contributed by atoms with Crippen LogP contribution in [0.25, 0.3) is 11.3 Å². The molecule has 0 spiro atoms. The van der Waals surface area contributed by atoms with Crippen molar-refractivity contribution >= 4 is 33.5 Å². The van der Waals surface area contributed by atoms with Crippen molar-refractivity contribution in [3.8, 4) is 17.3 Å². The first-order valence-corrected chi connectivity index (χ1v) is 9.12. The molecule has 0 unspecified atom stereocenters. The van der Waals surface area contributed by atoms with Gasteiger partial charge >= 0.3 is 5.97 Å². The van der Waals surface area contributed by atoms with E-state index in [4.69, 9.17) is 10.4 Å². The summed E-state index contributed by atoms with van der Waals surface area (Å²) in [5.74, 6) is -1.49. The van der Waals surface area contributed by atoms with Gasteiger partial charge in [-0.2, -0.15) is 10.4 Å². The molecule has 2 aromatic carbocycles. The predicted molar refractivity (Wildman–Crippen MR) is 107 cm³/mol. The molecule has 0 bridgehead atoms. The number of rotatable bonds is 6. The molecular weight excluding hydrogens is 424 g/mol. The van der Waals surface area contributed by atoms with Crippen molar-refractivity contribution in [1.82, 2.24) is 9.78 Å². The van der Waals surface area contributed by atoms with Crippen molar-refractivity contribution in [2.45, 2.75) is 13.0 Å². The number of nitriles is 1. The van der Waals surface area contributed by atoms with E-state index in [9.17, 15) is 9.59 Å². The van der Waals surface area contributed by atoms with Crippen LogP contribution < -0.4 is 5.32 Å². The normalized spacial score (nSPS) is 10.3. The van der Waals surface area contributed by atoms with E-state index in [-0.39, 0.29) is 12.0 Å². The third-order valence-electron chi connectivity index (χ3n) is 3.94. The number of anilines is 1. The van der Waals surface area contributed by atoms with Gasteiger partial charge in [-0.05, 0) is 30.3 Å². The number of amides is 1. The highest BCUT2D eigenvalue weighted by Crippen LogP contribution is 2.25. The fourth-order valence-corrected chi connectivity index (χ4v) is 2.88. The number of halogens is 1. The fraction of sp³-hybridized carbons (Fsp3) is 0.100. The molecule has 0 aliphatic carbocycles. The first-order valence-electron chi connectivity index (χ1n) is 8.33. The SMILES string of the molecule is N#CCCn1cc(C(=O)Nc2cccc(C(=O)O)c2)c(-c2ccc(Br)cc2)n1. The van der Waals surface area contributed by atoms with E-state index in [0.717, 1.165) is 10.0 Å². The molecule has 1 heterocycles. The molecule has 140 valence electrons. The number of nitrogens with one attached hydrogen (secondary N) is 1. The van der Waals surface area contributed by atoms with Gasteiger partial charge in [0.1, 0.15) is 5.69 Å². The Morgan fingerprint density at radius 2 is 1.96 bits per heavy atom. The molecule has 0 saturated heterocycles. The van der Waals surface area contributed by atoms with Gasteiger partial charge in [-0.3, -0.25) is 9.48 Å². The zero-order valence-electron chi connectivity index (χ0n) is 14.6. The van der Waals surface area contributed by atoms with Crippen LogP contribution in [0.3, 0.4) is 0 Å². The van der Waals surface area contributed by atoms with Gasteiger partial charge in [0.25, 0.3) is 5.91 Å². The van der Waals surface area contributed by atoms with Crippen molar-refractivity contribution in [2.24, 2.45) is 0 Å². The number of hydrogen-bond acceptors (Lipinski definition) is 4. The number of aromatic nitrogens is 2. The van der Waals surface area contributed by atoms with E-state index in [1.54, 1.807) is 23.0 Å². The van der Waals surface area contributed by atoms with Crippen LogP contribution >= 0.6 is 15.9 Å². The van der Waals surface area contributed by atoms with Crippen LogP contribution in [0.5, 0.6) is 0 Å². The summed E-state index contributed by atoms with van der Waals surface area (Å²) in [4.78, 5) is 24.0. The summed E-state index contributed by atoms with van der Waals surface area (Å²) in [6.45, 7) is 0.363. The zero-order chi connectivity index (χ0) is 20.1. The van der Waals surface area contributed by atoms with Gasteiger partial charge in [0.2, 0.25) is 0 Å². The molecule has 0 fully saturated rings. The summed E-state index contributed by atoms with van der Waals surface area (Å²) in [6, 6.07) is 15.4. The zero-order valence-corrected chi connectivity index (χ0v) is 16.2. The number of nitrogens with zero attached hydrogens (tertiary/aromatic N) is 3. The molecule has 28 heavy (non-hydrogen) atoms. The quantitative estimate of drug-likeness (QED) is 0.599.